The van der Waals surface area contributed by atoms with Crippen molar-refractivity contribution in [3.8, 4) is 6.07 Å². The highest BCUT2D eigenvalue weighted by atomic mass is 15.2. The number of hydrogen-bond acceptors (Lipinski definition) is 3. The van der Waals surface area contributed by atoms with Crippen LogP contribution in [0, 0.1) is 11.3 Å². The van der Waals surface area contributed by atoms with Gasteiger partial charge in [0.15, 0.2) is 5.96 Å². The van der Waals surface area contributed by atoms with Crippen LogP contribution >= 0.6 is 0 Å². The third-order valence-corrected chi connectivity index (χ3v) is 5.00. The summed E-state index contributed by atoms with van der Waals surface area (Å²) in [5.41, 5.74) is 3.18. The fourth-order valence-electron chi connectivity index (χ4n) is 3.47. The second-order valence-corrected chi connectivity index (χ2v) is 6.87. The van der Waals surface area contributed by atoms with E-state index < -0.39 is 0 Å². The molecule has 5 nitrogen and oxygen atoms in total. The van der Waals surface area contributed by atoms with E-state index in [9.17, 15) is 0 Å². The van der Waals surface area contributed by atoms with Gasteiger partial charge in [-0.1, -0.05) is 42.5 Å². The minimum atomic E-state index is 0.527. The first-order chi connectivity index (χ1) is 13.3. The first-order valence-corrected chi connectivity index (χ1v) is 9.50. The summed E-state index contributed by atoms with van der Waals surface area (Å²) in [4.78, 5) is 6.88. The van der Waals surface area contributed by atoms with Crippen LogP contribution in [-0.4, -0.2) is 37.0 Å². The summed E-state index contributed by atoms with van der Waals surface area (Å²) >= 11 is 0. The van der Waals surface area contributed by atoms with Crippen molar-refractivity contribution in [2.45, 2.75) is 32.0 Å². The van der Waals surface area contributed by atoms with E-state index in [0.29, 0.717) is 18.2 Å². The van der Waals surface area contributed by atoms with E-state index in [1.165, 1.54) is 18.4 Å². The van der Waals surface area contributed by atoms with Gasteiger partial charge in [0.25, 0.3) is 0 Å². The molecule has 0 amide bonds. The molecule has 1 heterocycles. The normalized spacial score (nSPS) is 17.5. The number of likely N-dealkylation sites (tertiary alicyclic amines) is 1. The van der Waals surface area contributed by atoms with Gasteiger partial charge in [-0.25, -0.2) is 0 Å². The second kappa shape index (κ2) is 9.75. The third kappa shape index (κ3) is 5.57. The molecule has 0 radical (unpaired) electrons. The van der Waals surface area contributed by atoms with Gasteiger partial charge in [-0.15, -0.1) is 0 Å². The fraction of sp³-hybridized carbons (Fsp3) is 0.364. The van der Waals surface area contributed by atoms with Gasteiger partial charge in [0.05, 0.1) is 11.6 Å². The molecule has 0 spiro atoms. The summed E-state index contributed by atoms with van der Waals surface area (Å²) in [6.07, 6.45) is 2.46. The smallest absolute Gasteiger partial charge is 0.191 e. The Hall–Kier alpha value is -2.84. The van der Waals surface area contributed by atoms with E-state index in [1.807, 2.05) is 24.3 Å². The second-order valence-electron chi connectivity index (χ2n) is 6.87. The molecule has 2 N–H and O–H groups in total. The molecule has 1 saturated heterocycles. The number of benzene rings is 2. The molecular weight excluding hydrogens is 334 g/mol. The topological polar surface area (TPSA) is 63.5 Å². The molecule has 2 aromatic rings. The molecule has 27 heavy (non-hydrogen) atoms. The number of nitrogens with zero attached hydrogens (tertiary/aromatic N) is 3. The van der Waals surface area contributed by atoms with Crippen LogP contribution in [0.25, 0.3) is 0 Å². The van der Waals surface area contributed by atoms with Crippen molar-refractivity contribution in [1.82, 2.24) is 15.5 Å². The van der Waals surface area contributed by atoms with Gasteiger partial charge in [-0.2, -0.15) is 5.26 Å². The molecule has 1 aliphatic heterocycles. The fourth-order valence-corrected chi connectivity index (χ4v) is 3.47. The van der Waals surface area contributed by atoms with Gasteiger partial charge < -0.3 is 10.6 Å². The van der Waals surface area contributed by atoms with E-state index in [-0.39, 0.29) is 0 Å². The van der Waals surface area contributed by atoms with Gasteiger partial charge in [-0.3, -0.25) is 9.89 Å². The molecule has 0 saturated carbocycles. The highest BCUT2D eigenvalue weighted by Crippen LogP contribution is 2.19. The number of rotatable bonds is 6. The standard InChI is InChI=1S/C22H27N5/c1-24-22(25-15-19-11-9-18(14-23)10-12-19)26-16-21-8-5-13-27(21)17-20-6-3-2-4-7-20/h2-4,6-7,9-12,21H,5,8,13,15-17H2,1H3,(H2,24,25,26). The molecule has 1 atom stereocenters. The molecule has 0 aromatic heterocycles. The van der Waals surface area contributed by atoms with Crippen LogP contribution in [-0.2, 0) is 13.1 Å². The Kier molecular flexibility index (Phi) is 6.84. The highest BCUT2D eigenvalue weighted by molar-refractivity contribution is 5.79. The monoisotopic (exact) mass is 361 g/mol. The number of aliphatic imine (C=N–C) groups is 1. The summed E-state index contributed by atoms with van der Waals surface area (Å²) in [7, 11) is 1.80. The molecule has 2 aromatic carbocycles. The maximum Gasteiger partial charge on any atom is 0.191 e. The number of nitrogens with one attached hydrogen (secondary N) is 2. The first-order valence-electron chi connectivity index (χ1n) is 9.50. The van der Waals surface area contributed by atoms with Crippen molar-refractivity contribution in [3.63, 3.8) is 0 Å². The first kappa shape index (κ1) is 18.9. The molecule has 1 unspecified atom stereocenters. The molecule has 3 rings (SSSR count). The zero-order valence-electron chi connectivity index (χ0n) is 15.9. The van der Waals surface area contributed by atoms with Crippen LogP contribution < -0.4 is 10.6 Å². The minimum absolute atomic E-state index is 0.527. The van der Waals surface area contributed by atoms with E-state index >= 15 is 0 Å². The van der Waals surface area contributed by atoms with E-state index in [2.05, 4.69) is 56.9 Å². The Balaban J connectivity index is 1.47. The molecular formula is C22H27N5. The lowest BCUT2D eigenvalue weighted by molar-refractivity contribution is 0.245. The van der Waals surface area contributed by atoms with Gasteiger partial charge in [0.2, 0.25) is 0 Å². The van der Waals surface area contributed by atoms with Crippen LogP contribution in [0.15, 0.2) is 59.6 Å². The predicted octanol–water partition coefficient (Wildman–Crippen LogP) is 2.89. The SMILES string of the molecule is CN=C(NCc1ccc(C#N)cc1)NCC1CCCN1Cc1ccccc1. The lowest BCUT2D eigenvalue weighted by Crippen LogP contribution is -2.44. The van der Waals surface area contributed by atoms with E-state index in [0.717, 1.165) is 31.2 Å². The molecule has 5 heteroatoms. The summed E-state index contributed by atoms with van der Waals surface area (Å²) in [5, 5.41) is 15.7. The van der Waals surface area contributed by atoms with Crippen molar-refractivity contribution in [2.24, 2.45) is 4.99 Å². The lowest BCUT2D eigenvalue weighted by Gasteiger charge is -2.25. The van der Waals surface area contributed by atoms with Gasteiger partial charge >= 0.3 is 0 Å². The highest BCUT2D eigenvalue weighted by Gasteiger charge is 2.24. The van der Waals surface area contributed by atoms with Crippen molar-refractivity contribution in [2.75, 3.05) is 20.1 Å². The Morgan fingerprint density at radius 3 is 2.59 bits per heavy atom. The summed E-state index contributed by atoms with van der Waals surface area (Å²) in [6.45, 7) is 3.73. The Bertz CT molecular complexity index is 777. The zero-order valence-corrected chi connectivity index (χ0v) is 15.9. The minimum Gasteiger partial charge on any atom is -0.355 e. The van der Waals surface area contributed by atoms with Gasteiger partial charge in [0, 0.05) is 32.7 Å². The Labute approximate surface area is 161 Å². The summed E-state index contributed by atoms with van der Waals surface area (Å²) in [5.74, 6) is 0.811. The van der Waals surface area contributed by atoms with Crippen LogP contribution in [0.5, 0.6) is 0 Å². The lowest BCUT2D eigenvalue weighted by atomic mass is 10.1. The van der Waals surface area contributed by atoms with Crippen molar-refractivity contribution < 1.29 is 0 Å². The van der Waals surface area contributed by atoms with E-state index in [4.69, 9.17) is 5.26 Å². The average molecular weight is 361 g/mol. The van der Waals surface area contributed by atoms with Crippen LogP contribution in [0.1, 0.15) is 29.5 Å². The van der Waals surface area contributed by atoms with Gasteiger partial charge in [0.1, 0.15) is 0 Å². The molecule has 0 bridgehead atoms. The van der Waals surface area contributed by atoms with Crippen molar-refractivity contribution in [1.29, 1.82) is 5.26 Å². The predicted molar refractivity (Wildman–Crippen MR) is 109 cm³/mol. The molecule has 140 valence electrons. The number of hydrogen-bond donors (Lipinski definition) is 2. The van der Waals surface area contributed by atoms with E-state index in [1.54, 1.807) is 7.05 Å². The molecule has 1 aliphatic rings. The van der Waals surface area contributed by atoms with Crippen molar-refractivity contribution in [3.05, 3.63) is 71.3 Å². The Morgan fingerprint density at radius 1 is 1.11 bits per heavy atom. The van der Waals surface area contributed by atoms with Crippen molar-refractivity contribution >= 4 is 5.96 Å². The van der Waals surface area contributed by atoms with Crippen LogP contribution in [0.2, 0.25) is 0 Å². The quantitative estimate of drug-likeness (QED) is 0.613. The van der Waals surface area contributed by atoms with Crippen LogP contribution in [0.3, 0.4) is 0 Å². The average Bonchev–Trinajstić information content (AvgIpc) is 3.16. The Morgan fingerprint density at radius 2 is 1.89 bits per heavy atom. The summed E-state index contributed by atoms with van der Waals surface area (Å²) < 4.78 is 0. The maximum atomic E-state index is 8.87. The largest absolute Gasteiger partial charge is 0.355 e. The van der Waals surface area contributed by atoms with Gasteiger partial charge in [-0.05, 0) is 42.6 Å². The maximum absolute atomic E-state index is 8.87. The zero-order chi connectivity index (χ0) is 18.9. The molecule has 1 fully saturated rings. The molecule has 0 aliphatic carbocycles. The third-order valence-electron chi connectivity index (χ3n) is 5.00. The summed E-state index contributed by atoms with van der Waals surface area (Å²) in [6, 6.07) is 21.0. The number of nitriles is 1. The number of guanidine groups is 1. The van der Waals surface area contributed by atoms with Crippen LogP contribution in [0.4, 0.5) is 0 Å².